The van der Waals surface area contributed by atoms with Gasteiger partial charge in [-0.2, -0.15) is 0 Å². The van der Waals surface area contributed by atoms with Crippen LogP contribution in [0.5, 0.6) is 5.75 Å². The van der Waals surface area contributed by atoms with Crippen molar-refractivity contribution in [3.63, 3.8) is 0 Å². The fourth-order valence-electron chi connectivity index (χ4n) is 3.98. The van der Waals surface area contributed by atoms with Crippen molar-refractivity contribution < 1.29 is 23.8 Å². The van der Waals surface area contributed by atoms with Gasteiger partial charge in [0.1, 0.15) is 5.75 Å². The van der Waals surface area contributed by atoms with E-state index in [9.17, 15) is 9.59 Å². The molecule has 32 heavy (non-hydrogen) atoms. The summed E-state index contributed by atoms with van der Waals surface area (Å²) in [6.07, 6.45) is 1.82. The van der Waals surface area contributed by atoms with Crippen LogP contribution in [-0.4, -0.2) is 32.8 Å². The Morgan fingerprint density at radius 1 is 0.938 bits per heavy atom. The second-order valence-electron chi connectivity index (χ2n) is 7.68. The summed E-state index contributed by atoms with van der Waals surface area (Å²) in [5.74, 6) is -1.43. The summed E-state index contributed by atoms with van der Waals surface area (Å²) < 4.78 is 15.8. The Hall–Kier alpha value is -3.54. The number of hydrogen-bond donors (Lipinski definition) is 1. The zero-order valence-corrected chi connectivity index (χ0v) is 19.1. The van der Waals surface area contributed by atoms with Crippen molar-refractivity contribution in [1.82, 2.24) is 0 Å². The standard InChI is InChI=1S/C26H29NO5/c1-6-32-20-13-9-18(10-14-20)23-22(25(28)30-4)17(3)15-21(24(23)26(29)31-5)27-19-11-7-16(2)8-12-19/h7-15,22-23,27H,6H2,1-5H3/t22-,23+/m0/s1. The molecule has 0 radical (unpaired) electrons. The minimum atomic E-state index is -0.657. The van der Waals surface area contributed by atoms with Gasteiger partial charge in [-0.05, 0) is 56.7 Å². The maximum absolute atomic E-state index is 13.0. The van der Waals surface area contributed by atoms with Gasteiger partial charge in [-0.15, -0.1) is 0 Å². The number of ether oxygens (including phenoxy) is 3. The number of aryl methyl sites for hydroxylation is 1. The number of benzene rings is 2. The summed E-state index contributed by atoms with van der Waals surface area (Å²) in [7, 11) is 2.69. The maximum atomic E-state index is 13.0. The van der Waals surface area contributed by atoms with E-state index in [-0.39, 0.29) is 0 Å². The van der Waals surface area contributed by atoms with Gasteiger partial charge < -0.3 is 19.5 Å². The highest BCUT2D eigenvalue weighted by atomic mass is 16.5. The molecule has 0 unspecified atom stereocenters. The van der Waals surface area contributed by atoms with Crippen molar-refractivity contribution in [3.8, 4) is 5.75 Å². The van der Waals surface area contributed by atoms with E-state index in [1.807, 2.05) is 75.4 Å². The number of allylic oxidation sites excluding steroid dienone is 1. The molecule has 1 aliphatic rings. The molecule has 2 atom stereocenters. The molecule has 0 saturated heterocycles. The minimum absolute atomic E-state index is 0.373. The van der Waals surface area contributed by atoms with Crippen LogP contribution in [0, 0.1) is 12.8 Å². The van der Waals surface area contributed by atoms with E-state index < -0.39 is 23.8 Å². The zero-order valence-electron chi connectivity index (χ0n) is 19.1. The maximum Gasteiger partial charge on any atom is 0.336 e. The molecule has 0 amide bonds. The number of nitrogens with one attached hydrogen (secondary N) is 1. The Kier molecular flexibility index (Phi) is 7.36. The molecule has 1 aliphatic carbocycles. The lowest BCUT2D eigenvalue weighted by Crippen LogP contribution is -2.33. The molecule has 2 aromatic rings. The molecule has 0 fully saturated rings. The number of hydrogen-bond acceptors (Lipinski definition) is 6. The Morgan fingerprint density at radius 3 is 2.16 bits per heavy atom. The van der Waals surface area contributed by atoms with Crippen LogP contribution in [0.4, 0.5) is 5.69 Å². The summed E-state index contributed by atoms with van der Waals surface area (Å²) in [4.78, 5) is 25.8. The van der Waals surface area contributed by atoms with Crippen molar-refractivity contribution in [2.75, 3.05) is 26.1 Å². The van der Waals surface area contributed by atoms with Crippen molar-refractivity contribution in [2.45, 2.75) is 26.7 Å². The minimum Gasteiger partial charge on any atom is -0.494 e. The van der Waals surface area contributed by atoms with Crippen molar-refractivity contribution in [2.24, 2.45) is 5.92 Å². The van der Waals surface area contributed by atoms with Gasteiger partial charge in [-0.1, -0.05) is 35.4 Å². The first-order valence-electron chi connectivity index (χ1n) is 10.5. The molecular formula is C26H29NO5. The third-order valence-corrected chi connectivity index (χ3v) is 5.54. The molecule has 0 spiro atoms. The predicted octanol–water partition coefficient (Wildman–Crippen LogP) is 4.77. The number of carbonyl (C=O) groups is 2. The van der Waals surface area contributed by atoms with Crippen LogP contribution in [0.2, 0.25) is 0 Å². The smallest absolute Gasteiger partial charge is 0.336 e. The molecule has 3 rings (SSSR count). The number of esters is 2. The quantitative estimate of drug-likeness (QED) is 0.632. The van der Waals surface area contributed by atoms with E-state index in [0.29, 0.717) is 17.9 Å². The molecule has 0 aromatic heterocycles. The van der Waals surface area contributed by atoms with Crippen molar-refractivity contribution >= 4 is 17.6 Å². The summed E-state index contributed by atoms with van der Waals surface area (Å²) in [6.45, 7) is 6.34. The van der Waals surface area contributed by atoms with E-state index in [1.165, 1.54) is 14.2 Å². The lowest BCUT2D eigenvalue weighted by Gasteiger charge is -2.33. The summed E-state index contributed by atoms with van der Waals surface area (Å²) in [5, 5.41) is 3.34. The molecule has 1 N–H and O–H groups in total. The molecule has 6 nitrogen and oxygen atoms in total. The third-order valence-electron chi connectivity index (χ3n) is 5.54. The second kappa shape index (κ2) is 10.2. The largest absolute Gasteiger partial charge is 0.494 e. The Bertz CT molecular complexity index is 1030. The molecule has 0 heterocycles. The van der Waals surface area contributed by atoms with Crippen LogP contribution >= 0.6 is 0 Å². The Labute approximate surface area is 188 Å². The monoisotopic (exact) mass is 435 g/mol. The van der Waals surface area contributed by atoms with Gasteiger partial charge >= 0.3 is 11.9 Å². The first kappa shape index (κ1) is 23.1. The average Bonchev–Trinajstić information content (AvgIpc) is 2.80. The van der Waals surface area contributed by atoms with Crippen molar-refractivity contribution in [1.29, 1.82) is 0 Å². The predicted molar refractivity (Wildman–Crippen MR) is 123 cm³/mol. The van der Waals surface area contributed by atoms with E-state index in [1.54, 1.807) is 0 Å². The Morgan fingerprint density at radius 2 is 1.59 bits per heavy atom. The van der Waals surface area contributed by atoms with Crippen LogP contribution in [-0.2, 0) is 19.1 Å². The highest BCUT2D eigenvalue weighted by molar-refractivity contribution is 5.95. The van der Waals surface area contributed by atoms with Gasteiger partial charge in [0.2, 0.25) is 0 Å². The average molecular weight is 436 g/mol. The number of rotatable bonds is 7. The van der Waals surface area contributed by atoms with Gasteiger partial charge in [0, 0.05) is 17.3 Å². The van der Waals surface area contributed by atoms with Gasteiger partial charge in [0.05, 0.1) is 32.3 Å². The highest BCUT2D eigenvalue weighted by Gasteiger charge is 2.41. The summed E-state index contributed by atoms with van der Waals surface area (Å²) in [5.41, 5.74) is 4.51. The first-order chi connectivity index (χ1) is 15.4. The number of carbonyl (C=O) groups excluding carboxylic acids is 2. The fraction of sp³-hybridized carbons (Fsp3) is 0.308. The second-order valence-corrected chi connectivity index (χ2v) is 7.68. The topological polar surface area (TPSA) is 73.9 Å². The van der Waals surface area contributed by atoms with E-state index >= 15 is 0 Å². The van der Waals surface area contributed by atoms with Gasteiger partial charge in [0.25, 0.3) is 0 Å². The molecule has 0 saturated carbocycles. The van der Waals surface area contributed by atoms with Crippen LogP contribution in [0.1, 0.15) is 30.9 Å². The number of anilines is 1. The molecule has 168 valence electrons. The molecule has 2 aromatic carbocycles. The lowest BCUT2D eigenvalue weighted by atomic mass is 9.72. The van der Waals surface area contributed by atoms with Crippen LogP contribution < -0.4 is 10.1 Å². The normalized spacial score (nSPS) is 18.0. The molecule has 0 aliphatic heterocycles. The third kappa shape index (κ3) is 4.85. The van der Waals surface area contributed by atoms with E-state index in [2.05, 4.69) is 5.32 Å². The van der Waals surface area contributed by atoms with Gasteiger partial charge in [-0.25, -0.2) is 4.79 Å². The van der Waals surface area contributed by atoms with Crippen LogP contribution in [0.15, 0.2) is 71.5 Å². The van der Waals surface area contributed by atoms with Crippen molar-refractivity contribution in [3.05, 3.63) is 82.6 Å². The van der Waals surface area contributed by atoms with Gasteiger partial charge in [-0.3, -0.25) is 4.79 Å². The molecule has 6 heteroatoms. The first-order valence-corrected chi connectivity index (χ1v) is 10.5. The summed E-state index contributed by atoms with van der Waals surface area (Å²) >= 11 is 0. The Balaban J connectivity index is 2.16. The highest BCUT2D eigenvalue weighted by Crippen LogP contribution is 2.43. The zero-order chi connectivity index (χ0) is 23.3. The number of methoxy groups -OCH3 is 2. The van der Waals surface area contributed by atoms with Crippen LogP contribution in [0.3, 0.4) is 0 Å². The lowest BCUT2D eigenvalue weighted by molar-refractivity contribution is -0.144. The van der Waals surface area contributed by atoms with E-state index in [0.717, 1.165) is 28.1 Å². The fourth-order valence-corrected chi connectivity index (χ4v) is 3.98. The van der Waals surface area contributed by atoms with E-state index in [4.69, 9.17) is 14.2 Å². The SMILES string of the molecule is CCOc1ccc([C@H]2C(C(=O)OC)=C(Nc3ccc(C)cc3)C=C(C)[C@@H]2C(=O)OC)cc1. The molecule has 0 bridgehead atoms. The van der Waals surface area contributed by atoms with Crippen LogP contribution in [0.25, 0.3) is 0 Å². The summed E-state index contributed by atoms with van der Waals surface area (Å²) in [6, 6.07) is 15.3. The van der Waals surface area contributed by atoms with Gasteiger partial charge in [0.15, 0.2) is 0 Å². The molecular weight excluding hydrogens is 406 g/mol.